The Balaban J connectivity index is 1.59. The number of piperidine rings is 1. The molecule has 0 amide bonds. The molecule has 0 radical (unpaired) electrons. The van der Waals surface area contributed by atoms with Crippen molar-refractivity contribution in [3.8, 4) is 0 Å². The number of ether oxygens (including phenoxy) is 1. The summed E-state index contributed by atoms with van der Waals surface area (Å²) in [4.78, 5) is 17.5. The van der Waals surface area contributed by atoms with Crippen molar-refractivity contribution in [2.75, 3.05) is 26.2 Å². The van der Waals surface area contributed by atoms with E-state index in [0.29, 0.717) is 13.2 Å². The topological polar surface area (TPSA) is 70.5 Å². The lowest BCUT2D eigenvalue weighted by atomic mass is 10.0. The van der Waals surface area contributed by atoms with Crippen LogP contribution in [0, 0.1) is 0 Å². The van der Waals surface area contributed by atoms with Gasteiger partial charge in [0.25, 0.3) is 0 Å². The lowest BCUT2D eigenvalue weighted by Crippen LogP contribution is -2.42. The number of nitrogens with zero attached hydrogens (tertiary/aromatic N) is 2. The van der Waals surface area contributed by atoms with Crippen LogP contribution in [0.15, 0.2) is 29.1 Å². The van der Waals surface area contributed by atoms with Gasteiger partial charge in [-0.1, -0.05) is 12.1 Å². The van der Waals surface area contributed by atoms with Crippen LogP contribution in [0.2, 0.25) is 0 Å². The first-order valence-corrected chi connectivity index (χ1v) is 8.76. The summed E-state index contributed by atoms with van der Waals surface area (Å²) in [6, 6.07) is 8.05. The molecule has 1 aromatic carbocycles. The summed E-state index contributed by atoms with van der Waals surface area (Å²) in [5, 5.41) is 10.1. The minimum absolute atomic E-state index is 0.0278. The maximum absolute atomic E-state index is 12.3. The van der Waals surface area contributed by atoms with Crippen molar-refractivity contribution in [2.45, 2.75) is 44.9 Å². The van der Waals surface area contributed by atoms with E-state index >= 15 is 0 Å². The van der Waals surface area contributed by atoms with Gasteiger partial charge < -0.3 is 19.7 Å². The maximum Gasteiger partial charge on any atom is 0.326 e. The van der Waals surface area contributed by atoms with E-state index in [9.17, 15) is 9.90 Å². The number of aromatic amines is 1. The summed E-state index contributed by atoms with van der Waals surface area (Å²) in [5.41, 5.74) is 1.84. The monoisotopic (exact) mass is 333 g/mol. The largest absolute Gasteiger partial charge is 0.389 e. The molecule has 0 saturated carbocycles. The van der Waals surface area contributed by atoms with Crippen LogP contribution in [0.5, 0.6) is 0 Å². The Morgan fingerprint density at radius 3 is 2.71 bits per heavy atom. The van der Waals surface area contributed by atoms with E-state index in [0.717, 1.165) is 37.0 Å². The molecule has 0 spiro atoms. The number of para-hydroxylation sites is 2. The van der Waals surface area contributed by atoms with Gasteiger partial charge in [0, 0.05) is 25.7 Å². The highest BCUT2D eigenvalue weighted by Crippen LogP contribution is 2.24. The first kappa shape index (κ1) is 17.2. The van der Waals surface area contributed by atoms with Gasteiger partial charge >= 0.3 is 5.69 Å². The van der Waals surface area contributed by atoms with Crippen molar-refractivity contribution in [2.24, 2.45) is 0 Å². The van der Waals surface area contributed by atoms with Crippen LogP contribution >= 0.6 is 0 Å². The molecule has 6 nitrogen and oxygen atoms in total. The van der Waals surface area contributed by atoms with Crippen molar-refractivity contribution in [1.82, 2.24) is 14.5 Å². The number of aromatic nitrogens is 2. The van der Waals surface area contributed by atoms with E-state index in [-0.39, 0.29) is 17.8 Å². The summed E-state index contributed by atoms with van der Waals surface area (Å²) in [7, 11) is 0. The first-order valence-electron chi connectivity index (χ1n) is 8.76. The van der Waals surface area contributed by atoms with Crippen molar-refractivity contribution in [3.63, 3.8) is 0 Å². The fraction of sp³-hybridized carbons (Fsp3) is 0.611. The van der Waals surface area contributed by atoms with Crippen LogP contribution in [0.1, 0.15) is 32.7 Å². The number of aliphatic hydroxyl groups excluding tert-OH is 1. The Morgan fingerprint density at radius 1 is 1.29 bits per heavy atom. The molecule has 3 rings (SSSR count). The second-order valence-electron chi connectivity index (χ2n) is 6.88. The van der Waals surface area contributed by atoms with Crippen molar-refractivity contribution in [1.29, 1.82) is 0 Å². The highest BCUT2D eigenvalue weighted by molar-refractivity contribution is 5.75. The molecule has 2 heterocycles. The molecule has 0 unspecified atom stereocenters. The molecule has 1 atom stereocenters. The zero-order chi connectivity index (χ0) is 17.1. The van der Waals surface area contributed by atoms with Gasteiger partial charge in [-0.2, -0.15) is 0 Å². The Labute approximate surface area is 142 Å². The van der Waals surface area contributed by atoms with Crippen LogP contribution < -0.4 is 5.69 Å². The fourth-order valence-electron chi connectivity index (χ4n) is 3.45. The van der Waals surface area contributed by atoms with Crippen molar-refractivity contribution < 1.29 is 9.84 Å². The Kier molecular flexibility index (Phi) is 5.38. The zero-order valence-electron chi connectivity index (χ0n) is 14.4. The van der Waals surface area contributed by atoms with Gasteiger partial charge in [-0.05, 0) is 38.8 Å². The molecule has 0 aliphatic carbocycles. The van der Waals surface area contributed by atoms with E-state index in [1.807, 2.05) is 42.7 Å². The molecule has 6 heteroatoms. The summed E-state index contributed by atoms with van der Waals surface area (Å²) in [6.45, 7) is 6.71. The van der Waals surface area contributed by atoms with Crippen LogP contribution in [0.3, 0.4) is 0 Å². The van der Waals surface area contributed by atoms with Gasteiger partial charge in [0.1, 0.15) is 0 Å². The molecule has 2 aromatic rings. The number of β-amino-alcohol motifs (C(OH)–C–C–N with tert-alkyl or cyclic N) is 1. The second kappa shape index (κ2) is 7.51. The predicted molar refractivity (Wildman–Crippen MR) is 94.4 cm³/mol. The fourth-order valence-corrected chi connectivity index (χ4v) is 3.45. The van der Waals surface area contributed by atoms with Gasteiger partial charge in [-0.15, -0.1) is 0 Å². The number of rotatable bonds is 6. The number of fused-ring (bicyclic) bond motifs is 1. The van der Waals surface area contributed by atoms with Crippen LogP contribution in [0.25, 0.3) is 11.0 Å². The maximum atomic E-state index is 12.3. The number of hydrogen-bond acceptors (Lipinski definition) is 4. The highest BCUT2D eigenvalue weighted by atomic mass is 16.5. The molecule has 1 aliphatic heterocycles. The molecular formula is C18H27N3O3. The highest BCUT2D eigenvalue weighted by Gasteiger charge is 2.24. The van der Waals surface area contributed by atoms with Gasteiger partial charge in [-0.25, -0.2) is 4.79 Å². The molecule has 1 aliphatic rings. The molecule has 132 valence electrons. The number of H-pyrrole nitrogens is 1. The molecule has 1 fully saturated rings. The summed E-state index contributed by atoms with van der Waals surface area (Å²) < 4.78 is 7.36. The lowest BCUT2D eigenvalue weighted by molar-refractivity contribution is -0.0121. The summed E-state index contributed by atoms with van der Waals surface area (Å²) in [5.74, 6) is 0. The van der Waals surface area contributed by atoms with Crippen LogP contribution in [0.4, 0.5) is 0 Å². The average Bonchev–Trinajstić information content (AvgIpc) is 2.89. The zero-order valence-corrected chi connectivity index (χ0v) is 14.4. The predicted octanol–water partition coefficient (Wildman–Crippen LogP) is 1.75. The number of imidazole rings is 1. The third-order valence-corrected chi connectivity index (χ3v) is 4.64. The Morgan fingerprint density at radius 2 is 2.00 bits per heavy atom. The molecule has 1 aromatic heterocycles. The van der Waals surface area contributed by atoms with E-state index in [1.54, 1.807) is 0 Å². The first-order chi connectivity index (χ1) is 11.5. The van der Waals surface area contributed by atoms with Gasteiger partial charge in [-0.3, -0.25) is 4.57 Å². The van der Waals surface area contributed by atoms with Crippen molar-refractivity contribution >= 4 is 11.0 Å². The molecule has 0 bridgehead atoms. The SMILES string of the molecule is CC(C)OC[C@H](O)CN1CCC(n2c(=O)[nH]c3ccccc32)CC1. The smallest absolute Gasteiger partial charge is 0.326 e. The molecular weight excluding hydrogens is 306 g/mol. The number of hydrogen-bond donors (Lipinski definition) is 2. The minimum Gasteiger partial charge on any atom is -0.389 e. The van der Waals surface area contributed by atoms with E-state index in [4.69, 9.17) is 4.74 Å². The molecule has 24 heavy (non-hydrogen) atoms. The average molecular weight is 333 g/mol. The Hall–Kier alpha value is -1.63. The standard InChI is InChI=1S/C18H27N3O3/c1-13(2)24-12-15(22)11-20-9-7-14(8-10-20)21-17-6-4-3-5-16(17)19-18(21)23/h3-6,13-15,22H,7-12H2,1-2H3,(H,19,23)/t15-/m1/s1. The van der Waals surface area contributed by atoms with E-state index in [1.165, 1.54) is 0 Å². The van der Waals surface area contributed by atoms with E-state index < -0.39 is 6.10 Å². The normalized spacial score (nSPS) is 18.5. The summed E-state index contributed by atoms with van der Waals surface area (Å²) in [6.07, 6.45) is 1.51. The number of nitrogens with one attached hydrogen (secondary N) is 1. The quantitative estimate of drug-likeness (QED) is 0.845. The Bertz CT molecular complexity index is 714. The summed E-state index contributed by atoms with van der Waals surface area (Å²) >= 11 is 0. The van der Waals surface area contributed by atoms with Crippen LogP contribution in [-0.4, -0.2) is 58.0 Å². The lowest BCUT2D eigenvalue weighted by Gasteiger charge is -2.33. The number of likely N-dealkylation sites (tertiary alicyclic amines) is 1. The third kappa shape index (κ3) is 3.88. The number of aliphatic hydroxyl groups is 1. The molecule has 1 saturated heterocycles. The third-order valence-electron chi connectivity index (χ3n) is 4.64. The van der Waals surface area contributed by atoms with Crippen molar-refractivity contribution in [3.05, 3.63) is 34.7 Å². The van der Waals surface area contributed by atoms with Crippen LogP contribution in [-0.2, 0) is 4.74 Å². The minimum atomic E-state index is -0.459. The van der Waals surface area contributed by atoms with Gasteiger partial charge in [0.2, 0.25) is 0 Å². The van der Waals surface area contributed by atoms with Gasteiger partial charge in [0.15, 0.2) is 0 Å². The van der Waals surface area contributed by atoms with E-state index in [2.05, 4.69) is 9.88 Å². The molecule has 2 N–H and O–H groups in total. The number of benzene rings is 1. The van der Waals surface area contributed by atoms with Gasteiger partial charge in [0.05, 0.1) is 29.8 Å². The second-order valence-corrected chi connectivity index (χ2v) is 6.88.